The number of benzene rings is 3. The lowest BCUT2D eigenvalue weighted by Crippen LogP contribution is -2.76. The van der Waals surface area contributed by atoms with Crippen LogP contribution in [0.5, 0.6) is 0 Å². The summed E-state index contributed by atoms with van der Waals surface area (Å²) >= 11 is 0. The number of nitrogens with zero attached hydrogens (tertiary/aromatic N) is 1. The Morgan fingerprint density at radius 2 is 1.84 bits per heavy atom. The highest BCUT2D eigenvalue weighted by Crippen LogP contribution is 2.31. The second-order valence-electron chi connectivity index (χ2n) is 6.56. The van der Waals surface area contributed by atoms with Gasteiger partial charge in [-0.1, -0.05) is 31.5 Å². The Labute approximate surface area is 147 Å². The van der Waals surface area contributed by atoms with Crippen LogP contribution in [0.25, 0.3) is 33.3 Å². The summed E-state index contributed by atoms with van der Waals surface area (Å²) in [5.41, 5.74) is 5.33. The SMILES string of the molecule is CCCc1cc2oc3cc(=[NH+]CC)c4ccccc4c-3nc2cc1C. The van der Waals surface area contributed by atoms with Gasteiger partial charge in [0.2, 0.25) is 5.36 Å². The molecular formula is C22H23N2O+. The Morgan fingerprint density at radius 3 is 2.60 bits per heavy atom. The first-order valence-corrected chi connectivity index (χ1v) is 9.04. The molecule has 1 aliphatic heterocycles. The van der Waals surface area contributed by atoms with Crippen LogP contribution in [-0.4, -0.2) is 11.5 Å². The van der Waals surface area contributed by atoms with Crippen molar-refractivity contribution in [3.63, 3.8) is 0 Å². The summed E-state index contributed by atoms with van der Waals surface area (Å²) in [6.45, 7) is 7.34. The fraction of sp³-hybridized carbons (Fsp3) is 0.273. The standard InChI is InChI=1S/C22H22N2O/c1-4-8-15-12-20-19(11-14(15)3)24-22-17-10-7-6-9-16(17)18(23-5-2)13-21(22)25-20/h6-7,9-13H,4-5,8H2,1-3H3/p+1. The number of hydrogen-bond donors (Lipinski definition) is 1. The van der Waals surface area contributed by atoms with Crippen LogP contribution in [0, 0.1) is 6.92 Å². The summed E-state index contributed by atoms with van der Waals surface area (Å²) in [5, 5.41) is 3.39. The topological polar surface area (TPSA) is 40.0 Å². The molecule has 0 bridgehead atoms. The quantitative estimate of drug-likeness (QED) is 0.462. The van der Waals surface area contributed by atoms with Gasteiger partial charge in [0.15, 0.2) is 11.3 Å². The first-order valence-electron chi connectivity index (χ1n) is 9.04. The van der Waals surface area contributed by atoms with E-state index in [-0.39, 0.29) is 0 Å². The van der Waals surface area contributed by atoms with Crippen LogP contribution in [0.15, 0.2) is 46.9 Å². The van der Waals surface area contributed by atoms with E-state index in [0.717, 1.165) is 52.7 Å². The van der Waals surface area contributed by atoms with Crippen molar-refractivity contribution in [1.82, 2.24) is 4.98 Å². The highest BCUT2D eigenvalue weighted by molar-refractivity contribution is 5.96. The molecule has 0 spiro atoms. The first-order chi connectivity index (χ1) is 12.2. The summed E-state index contributed by atoms with van der Waals surface area (Å²) in [6.07, 6.45) is 2.19. The minimum absolute atomic E-state index is 0.827. The van der Waals surface area contributed by atoms with E-state index < -0.39 is 0 Å². The lowest BCUT2D eigenvalue weighted by Gasteiger charge is -2.11. The number of nitrogens with one attached hydrogen (secondary N) is 1. The van der Waals surface area contributed by atoms with E-state index in [1.807, 2.05) is 0 Å². The fourth-order valence-corrected chi connectivity index (χ4v) is 3.53. The molecule has 1 heterocycles. The van der Waals surface area contributed by atoms with Crippen molar-refractivity contribution >= 4 is 21.9 Å². The van der Waals surface area contributed by atoms with Gasteiger partial charge >= 0.3 is 0 Å². The number of aromatic nitrogens is 1. The molecule has 0 amide bonds. The zero-order chi connectivity index (χ0) is 17.4. The van der Waals surface area contributed by atoms with Crippen molar-refractivity contribution in [1.29, 1.82) is 0 Å². The molecule has 1 N–H and O–H groups in total. The van der Waals surface area contributed by atoms with Crippen molar-refractivity contribution in [2.45, 2.75) is 33.6 Å². The van der Waals surface area contributed by atoms with Crippen LogP contribution < -0.4 is 10.3 Å². The Bertz CT molecular complexity index is 1110. The molecule has 0 saturated heterocycles. The molecule has 0 saturated carbocycles. The zero-order valence-corrected chi connectivity index (χ0v) is 15.0. The lowest BCUT2D eigenvalue weighted by atomic mass is 10.0. The summed E-state index contributed by atoms with van der Waals surface area (Å²) in [5.74, 6) is 0.827. The van der Waals surface area contributed by atoms with Gasteiger partial charge in [0, 0.05) is 5.39 Å². The minimum atomic E-state index is 0.827. The van der Waals surface area contributed by atoms with Gasteiger partial charge in [0.1, 0.15) is 17.8 Å². The predicted molar refractivity (Wildman–Crippen MR) is 102 cm³/mol. The number of hydrogen-bond acceptors (Lipinski definition) is 2. The predicted octanol–water partition coefficient (Wildman–Crippen LogP) is 3.35. The second-order valence-corrected chi connectivity index (χ2v) is 6.56. The average molecular weight is 331 g/mol. The summed E-state index contributed by atoms with van der Waals surface area (Å²) in [6, 6.07) is 14.7. The molecule has 0 aromatic heterocycles. The third kappa shape index (κ3) is 2.70. The van der Waals surface area contributed by atoms with E-state index in [1.165, 1.54) is 16.5 Å². The normalized spacial score (nSPS) is 12.5. The molecule has 3 heteroatoms. The van der Waals surface area contributed by atoms with Crippen LogP contribution in [0.3, 0.4) is 0 Å². The summed E-state index contributed by atoms with van der Waals surface area (Å²) in [4.78, 5) is 8.39. The van der Waals surface area contributed by atoms with Gasteiger partial charge in [-0.25, -0.2) is 9.98 Å². The summed E-state index contributed by atoms with van der Waals surface area (Å²) < 4.78 is 6.28. The number of fused-ring (bicyclic) bond motifs is 4. The van der Waals surface area contributed by atoms with Crippen molar-refractivity contribution < 1.29 is 9.41 Å². The van der Waals surface area contributed by atoms with Gasteiger partial charge in [0.25, 0.3) is 0 Å². The van der Waals surface area contributed by atoms with Crippen LogP contribution in [-0.2, 0) is 6.42 Å². The molecule has 1 aliphatic carbocycles. The van der Waals surface area contributed by atoms with Crippen LogP contribution in [0.2, 0.25) is 0 Å². The molecule has 3 nitrogen and oxygen atoms in total. The van der Waals surface area contributed by atoms with E-state index in [1.54, 1.807) is 0 Å². The van der Waals surface area contributed by atoms with E-state index >= 15 is 0 Å². The Hall–Kier alpha value is -2.68. The van der Waals surface area contributed by atoms with Gasteiger partial charge in [0.05, 0.1) is 11.5 Å². The maximum Gasteiger partial charge on any atom is 0.210 e. The van der Waals surface area contributed by atoms with Crippen molar-refractivity contribution in [2.75, 3.05) is 6.54 Å². The maximum absolute atomic E-state index is 6.28. The van der Waals surface area contributed by atoms with E-state index in [0.29, 0.717) is 0 Å². The molecule has 0 fully saturated rings. The first kappa shape index (κ1) is 15.8. The minimum Gasteiger partial charge on any atom is -0.453 e. The third-order valence-corrected chi connectivity index (χ3v) is 4.74. The highest BCUT2D eigenvalue weighted by Gasteiger charge is 2.17. The fourth-order valence-electron chi connectivity index (χ4n) is 3.53. The second kappa shape index (κ2) is 6.32. The van der Waals surface area contributed by atoms with Gasteiger partial charge in [-0.2, -0.15) is 0 Å². The number of aryl methyl sites for hydroxylation is 2. The van der Waals surface area contributed by atoms with E-state index in [9.17, 15) is 0 Å². The van der Waals surface area contributed by atoms with E-state index in [2.05, 4.69) is 68.2 Å². The molecule has 0 unspecified atom stereocenters. The third-order valence-electron chi connectivity index (χ3n) is 4.74. The summed E-state index contributed by atoms with van der Waals surface area (Å²) in [7, 11) is 0. The smallest absolute Gasteiger partial charge is 0.210 e. The molecule has 25 heavy (non-hydrogen) atoms. The van der Waals surface area contributed by atoms with Crippen molar-refractivity contribution in [2.24, 2.45) is 0 Å². The van der Waals surface area contributed by atoms with E-state index in [4.69, 9.17) is 9.40 Å². The maximum atomic E-state index is 6.28. The van der Waals surface area contributed by atoms with Crippen molar-refractivity contribution in [3.8, 4) is 11.5 Å². The lowest BCUT2D eigenvalue weighted by molar-refractivity contribution is -0.494. The molecule has 2 aliphatic rings. The van der Waals surface area contributed by atoms with Crippen LogP contribution >= 0.6 is 0 Å². The van der Waals surface area contributed by atoms with Crippen LogP contribution in [0.1, 0.15) is 31.4 Å². The molecule has 0 atom stereocenters. The Kier molecular flexibility index (Phi) is 4.00. The number of rotatable bonds is 3. The monoisotopic (exact) mass is 331 g/mol. The zero-order valence-electron chi connectivity index (χ0n) is 15.0. The largest absolute Gasteiger partial charge is 0.453 e. The molecule has 4 rings (SSSR count). The van der Waals surface area contributed by atoms with Gasteiger partial charge in [-0.05, 0) is 49.6 Å². The van der Waals surface area contributed by atoms with Gasteiger partial charge in [-0.15, -0.1) is 0 Å². The Morgan fingerprint density at radius 1 is 1.04 bits per heavy atom. The molecule has 0 radical (unpaired) electrons. The molecule has 2 aromatic rings. The average Bonchev–Trinajstić information content (AvgIpc) is 2.62. The molecule has 126 valence electrons. The van der Waals surface area contributed by atoms with Crippen LogP contribution in [0.4, 0.5) is 0 Å². The molecule has 2 aromatic carbocycles. The highest BCUT2D eigenvalue weighted by atomic mass is 16.3. The molecular weight excluding hydrogens is 308 g/mol. The van der Waals surface area contributed by atoms with Gasteiger partial charge < -0.3 is 4.42 Å². The van der Waals surface area contributed by atoms with Gasteiger partial charge in [-0.3, -0.25) is 0 Å². The Balaban J connectivity index is 2.11. The van der Waals surface area contributed by atoms with Crippen molar-refractivity contribution in [3.05, 3.63) is 58.9 Å².